The molecule has 5 heterocycles. The van der Waals surface area contributed by atoms with E-state index < -0.39 is 30.4 Å². The number of primary amides is 1. The largest absolute Gasteiger partial charge is 0.488 e. The highest BCUT2D eigenvalue weighted by molar-refractivity contribution is 9.10. The molecule has 334 valence electrons. The van der Waals surface area contributed by atoms with E-state index in [1.807, 2.05) is 45.6 Å². The summed E-state index contributed by atoms with van der Waals surface area (Å²) in [6, 6.07) is 13.0. The van der Waals surface area contributed by atoms with Crippen LogP contribution in [0, 0.1) is 17.8 Å². The summed E-state index contributed by atoms with van der Waals surface area (Å²) in [5, 5.41) is 4.70. The van der Waals surface area contributed by atoms with Crippen molar-refractivity contribution in [2.45, 2.75) is 97.2 Å². The first-order valence-electron chi connectivity index (χ1n) is 21.6. The van der Waals surface area contributed by atoms with Crippen molar-refractivity contribution in [3.05, 3.63) is 64.3 Å². The van der Waals surface area contributed by atoms with Gasteiger partial charge in [0.2, 0.25) is 5.91 Å². The number of alkyl carbamates (subject to hydrolysis) is 1. The minimum atomic E-state index is -1.01. The van der Waals surface area contributed by atoms with E-state index in [4.69, 9.17) is 34.6 Å². The van der Waals surface area contributed by atoms with Crippen LogP contribution in [0.4, 0.5) is 9.59 Å². The van der Waals surface area contributed by atoms with E-state index in [0.29, 0.717) is 48.9 Å². The van der Waals surface area contributed by atoms with E-state index in [-0.39, 0.29) is 41.7 Å². The van der Waals surface area contributed by atoms with Gasteiger partial charge in [-0.3, -0.25) is 9.59 Å². The van der Waals surface area contributed by atoms with E-state index >= 15 is 0 Å². The highest BCUT2D eigenvalue weighted by Crippen LogP contribution is 2.45. The van der Waals surface area contributed by atoms with Crippen molar-refractivity contribution >= 4 is 61.7 Å². The first-order chi connectivity index (χ1) is 30.2. The minimum absolute atomic E-state index is 0.0358. The van der Waals surface area contributed by atoms with Gasteiger partial charge in [0.15, 0.2) is 6.10 Å². The van der Waals surface area contributed by atoms with Crippen LogP contribution in [0.25, 0.3) is 44.2 Å². The lowest BCUT2D eigenvalue weighted by Crippen LogP contribution is -2.52. The molecule has 0 unspecified atom stereocenters. The number of aromatic amines is 2. The van der Waals surface area contributed by atoms with Crippen LogP contribution in [-0.2, 0) is 30.4 Å². The number of methoxy groups -OCH3 is 2. The number of nitrogens with two attached hydrogens (primary N) is 1. The third-order valence-electron chi connectivity index (χ3n) is 13.0. The van der Waals surface area contributed by atoms with Gasteiger partial charge < -0.3 is 49.8 Å². The highest BCUT2D eigenvalue weighted by Gasteiger charge is 2.44. The van der Waals surface area contributed by atoms with Crippen molar-refractivity contribution in [1.29, 1.82) is 0 Å². The number of carbonyl (C=O) groups excluding carboxylic acids is 4. The Labute approximate surface area is 374 Å². The fraction of sp³-hybridized carbons (Fsp3) is 0.478. The molecule has 8 rings (SSSR count). The van der Waals surface area contributed by atoms with Crippen LogP contribution in [0.1, 0.15) is 89.6 Å². The number of fused-ring (bicyclic) bond motifs is 6. The standard InChI is InChI=1S/C46H55BrN8O8/c1-8-23(4)39(63-45(48)58)44(57)54-19-25(20-60-6)15-34(54)42-50-37(40(47)53-42)27-10-12-29-28(16-27)21-62-35-18-30-26(17-31(29)35)11-13-32-38(30)51-41(49-32)33-14-9-24(5)55(33)43(56)36(22(2)3)52-46(59)61-7/h10-13,16-18,22-25,33-34,36,39H,8-9,14-15,19-21H2,1-7H3,(H2,48,58)(H,49,51)(H,50,53)(H,52,59)/t23-,24-,25-,33-,34-,36-,39-/m0/s1. The minimum Gasteiger partial charge on any atom is -0.488 e. The van der Waals surface area contributed by atoms with Crippen molar-refractivity contribution in [3.8, 4) is 28.1 Å². The lowest BCUT2D eigenvalue weighted by atomic mass is 9.92. The Hall–Kier alpha value is -5.68. The summed E-state index contributed by atoms with van der Waals surface area (Å²) < 4.78 is 22.7. The molecule has 0 spiro atoms. The molecular weight excluding hydrogens is 872 g/mol. The van der Waals surface area contributed by atoms with Crippen LogP contribution < -0.4 is 15.8 Å². The molecule has 0 bridgehead atoms. The number of likely N-dealkylation sites (tertiary alicyclic amines) is 2. The third kappa shape index (κ3) is 8.32. The molecule has 3 aliphatic heterocycles. The maximum atomic E-state index is 14.0. The quantitative estimate of drug-likeness (QED) is 0.0951. The second-order valence-corrected chi connectivity index (χ2v) is 18.2. The Balaban J connectivity index is 1.07. The molecule has 5 N–H and O–H groups in total. The van der Waals surface area contributed by atoms with E-state index in [9.17, 15) is 19.2 Å². The van der Waals surface area contributed by atoms with E-state index in [1.165, 1.54) is 7.11 Å². The van der Waals surface area contributed by atoms with Gasteiger partial charge >= 0.3 is 12.2 Å². The van der Waals surface area contributed by atoms with E-state index in [2.05, 4.69) is 67.6 Å². The molecule has 2 saturated heterocycles. The number of aromatic nitrogens is 4. The van der Waals surface area contributed by atoms with Crippen LogP contribution in [0.5, 0.6) is 5.75 Å². The van der Waals surface area contributed by atoms with Gasteiger partial charge in [0.05, 0.1) is 42.5 Å². The van der Waals surface area contributed by atoms with Gasteiger partial charge in [-0.1, -0.05) is 45.9 Å². The number of nitrogens with zero attached hydrogens (tertiary/aromatic N) is 4. The van der Waals surface area contributed by atoms with Gasteiger partial charge in [-0.05, 0) is 95.2 Å². The number of benzene rings is 3. The number of amides is 4. The average Bonchev–Trinajstić information content (AvgIpc) is 4.07. The van der Waals surface area contributed by atoms with Gasteiger partial charge in [0, 0.05) is 48.0 Å². The molecule has 4 amide bonds. The molecule has 63 heavy (non-hydrogen) atoms. The maximum absolute atomic E-state index is 14.0. The Morgan fingerprint density at radius 1 is 0.984 bits per heavy atom. The summed E-state index contributed by atoms with van der Waals surface area (Å²) >= 11 is 3.69. The number of ether oxygens (including phenoxy) is 4. The number of carbonyl (C=O) groups is 4. The van der Waals surface area contributed by atoms with Gasteiger partial charge in [-0.2, -0.15) is 0 Å². The normalized spacial score (nSPS) is 20.9. The Kier molecular flexibility index (Phi) is 12.4. The Bertz CT molecular complexity index is 2570. The summed E-state index contributed by atoms with van der Waals surface area (Å²) in [5.74, 6) is 1.29. The number of nitrogens with one attached hydrogen (secondary N) is 3. The van der Waals surface area contributed by atoms with Crippen LogP contribution in [0.15, 0.2) is 47.1 Å². The number of hydrogen-bond donors (Lipinski definition) is 4. The number of H-pyrrole nitrogens is 2. The second kappa shape index (κ2) is 17.8. The first kappa shape index (κ1) is 43.9. The van der Waals surface area contributed by atoms with E-state index in [0.717, 1.165) is 68.3 Å². The summed E-state index contributed by atoms with van der Waals surface area (Å²) in [7, 11) is 2.93. The SMILES string of the molecule is CC[C@H](C)[C@H](OC(N)=O)C(=O)N1C[C@@H](COC)C[C@H]1c1nc(Br)c(-c2ccc3c(c2)COc2cc4c(ccc5nc([C@@H]6CC[C@H](C)N6C(=O)[C@@H](NC(=O)OC)C(C)C)[nH]c54)cc2-3)[nH]1. The second-order valence-electron chi connectivity index (χ2n) is 17.5. The van der Waals surface area contributed by atoms with Crippen LogP contribution in [-0.4, -0.2) is 99.3 Å². The summed E-state index contributed by atoms with van der Waals surface area (Å²) in [6.07, 6.45) is 0.154. The molecule has 3 aliphatic rings. The number of hydrogen-bond acceptors (Lipinski definition) is 10. The van der Waals surface area contributed by atoms with Crippen molar-refractivity contribution in [1.82, 2.24) is 35.1 Å². The predicted octanol–water partition coefficient (Wildman–Crippen LogP) is 7.91. The maximum Gasteiger partial charge on any atom is 0.407 e. The first-order valence-corrected chi connectivity index (χ1v) is 22.4. The molecule has 7 atom stereocenters. The Morgan fingerprint density at radius 2 is 1.76 bits per heavy atom. The summed E-state index contributed by atoms with van der Waals surface area (Å²) in [5.41, 5.74) is 11.7. The molecule has 0 radical (unpaired) electrons. The average molecular weight is 928 g/mol. The molecule has 2 aromatic heterocycles. The molecule has 17 heteroatoms. The lowest BCUT2D eigenvalue weighted by molar-refractivity contribution is -0.144. The fourth-order valence-corrected chi connectivity index (χ4v) is 10.0. The van der Waals surface area contributed by atoms with Crippen LogP contribution in [0.3, 0.4) is 0 Å². The zero-order valence-corrected chi connectivity index (χ0v) is 38.2. The molecule has 2 fully saturated rings. The molecule has 3 aromatic carbocycles. The van der Waals surface area contributed by atoms with E-state index in [1.54, 1.807) is 12.0 Å². The third-order valence-corrected chi connectivity index (χ3v) is 13.6. The molecule has 0 saturated carbocycles. The monoisotopic (exact) mass is 926 g/mol. The molecule has 16 nitrogen and oxygen atoms in total. The Morgan fingerprint density at radius 3 is 2.48 bits per heavy atom. The van der Waals surface area contributed by atoms with Gasteiger partial charge in [-0.15, -0.1) is 0 Å². The van der Waals surface area contributed by atoms with Crippen molar-refractivity contribution in [2.75, 3.05) is 27.4 Å². The zero-order chi connectivity index (χ0) is 44.9. The number of imidazole rings is 2. The molecule has 0 aliphatic carbocycles. The van der Waals surface area contributed by atoms with Crippen molar-refractivity contribution in [2.24, 2.45) is 23.5 Å². The summed E-state index contributed by atoms with van der Waals surface area (Å²) in [6.45, 7) is 10.9. The number of halogens is 1. The highest BCUT2D eigenvalue weighted by atomic mass is 79.9. The van der Waals surface area contributed by atoms with Gasteiger partial charge in [0.25, 0.3) is 5.91 Å². The van der Waals surface area contributed by atoms with Crippen molar-refractivity contribution < 1.29 is 38.1 Å². The lowest BCUT2D eigenvalue weighted by Gasteiger charge is -2.32. The predicted molar refractivity (Wildman–Crippen MR) is 239 cm³/mol. The smallest absolute Gasteiger partial charge is 0.407 e. The van der Waals surface area contributed by atoms with Gasteiger partial charge in [0.1, 0.15) is 34.7 Å². The van der Waals surface area contributed by atoms with Crippen LogP contribution in [0.2, 0.25) is 0 Å². The fourth-order valence-electron chi connectivity index (χ4n) is 9.52. The number of rotatable bonds is 12. The topological polar surface area (TPSA) is 207 Å². The van der Waals surface area contributed by atoms with Crippen molar-refractivity contribution in [3.63, 3.8) is 0 Å². The molecular formula is C46H55BrN8O8. The van der Waals surface area contributed by atoms with Crippen LogP contribution >= 0.6 is 15.9 Å². The van der Waals surface area contributed by atoms with Gasteiger partial charge in [-0.25, -0.2) is 19.6 Å². The summed E-state index contributed by atoms with van der Waals surface area (Å²) in [4.78, 5) is 72.6. The zero-order valence-electron chi connectivity index (χ0n) is 36.6. The molecule has 5 aromatic rings.